The Balaban J connectivity index is 1.36. The van der Waals surface area contributed by atoms with Crippen LogP contribution in [0.25, 0.3) is 0 Å². The second-order valence-electron chi connectivity index (χ2n) is 7.80. The minimum Gasteiger partial charge on any atom is -0.338 e. The average Bonchev–Trinajstić information content (AvgIpc) is 3.37. The molecule has 1 atom stereocenters. The number of nitrogens with zero attached hydrogens (tertiary/aromatic N) is 2. The average molecular weight is 412 g/mol. The molecule has 0 saturated carbocycles. The van der Waals surface area contributed by atoms with Crippen molar-refractivity contribution in [3.05, 3.63) is 70.2 Å². The van der Waals surface area contributed by atoms with E-state index in [-0.39, 0.29) is 18.0 Å². The highest BCUT2D eigenvalue weighted by Gasteiger charge is 2.29. The monoisotopic (exact) mass is 411 g/mol. The summed E-state index contributed by atoms with van der Waals surface area (Å²) in [6.07, 6.45) is 3.56. The summed E-state index contributed by atoms with van der Waals surface area (Å²) in [4.78, 5) is 28.5. The van der Waals surface area contributed by atoms with Crippen molar-refractivity contribution in [1.82, 2.24) is 15.1 Å². The van der Waals surface area contributed by atoms with Gasteiger partial charge in [-0.2, -0.15) is 0 Å². The van der Waals surface area contributed by atoms with Gasteiger partial charge in [-0.15, -0.1) is 0 Å². The molecule has 29 heavy (non-hydrogen) atoms. The molecular formula is C23H26ClN3O2. The zero-order valence-electron chi connectivity index (χ0n) is 16.4. The summed E-state index contributed by atoms with van der Waals surface area (Å²) in [5.74, 6) is 0.228. The van der Waals surface area contributed by atoms with Gasteiger partial charge in [0.05, 0.1) is 6.04 Å². The molecule has 152 valence electrons. The predicted molar refractivity (Wildman–Crippen MR) is 113 cm³/mol. The lowest BCUT2D eigenvalue weighted by atomic mass is 10.1. The Morgan fingerprint density at radius 3 is 2.62 bits per heavy atom. The molecule has 2 aliphatic heterocycles. The van der Waals surface area contributed by atoms with Crippen molar-refractivity contribution in [3.8, 4) is 0 Å². The van der Waals surface area contributed by atoms with Gasteiger partial charge in [0.25, 0.3) is 0 Å². The molecule has 2 aromatic carbocycles. The molecule has 0 aliphatic carbocycles. The third kappa shape index (κ3) is 4.73. The maximum absolute atomic E-state index is 12.8. The van der Waals surface area contributed by atoms with Crippen LogP contribution in [0.3, 0.4) is 0 Å². The molecule has 2 saturated heterocycles. The van der Waals surface area contributed by atoms with Crippen molar-refractivity contribution in [3.63, 3.8) is 0 Å². The van der Waals surface area contributed by atoms with E-state index in [0.717, 1.165) is 49.0 Å². The lowest BCUT2D eigenvalue weighted by Crippen LogP contribution is -2.39. The molecule has 2 aromatic rings. The first kappa shape index (κ1) is 19.8. The Labute approximate surface area is 176 Å². The first-order chi connectivity index (χ1) is 14.1. The molecule has 5 nitrogen and oxygen atoms in total. The van der Waals surface area contributed by atoms with Gasteiger partial charge in [0.1, 0.15) is 0 Å². The summed E-state index contributed by atoms with van der Waals surface area (Å²) in [6.45, 7) is 2.72. The standard InChI is InChI=1S/C23H26ClN3O2/c24-20-10-8-19(9-11-20)21-6-2-13-27(21)23(29)25-15-17-4-1-5-18(14-17)16-26-12-3-7-22(26)28/h1,4-5,8-11,14,21H,2-3,6-7,12-13,15-16H2,(H,25,29). The van der Waals surface area contributed by atoms with Crippen LogP contribution in [0.15, 0.2) is 48.5 Å². The molecule has 2 heterocycles. The van der Waals surface area contributed by atoms with Crippen LogP contribution in [0, 0.1) is 0 Å². The summed E-state index contributed by atoms with van der Waals surface area (Å²) in [6, 6.07) is 15.9. The van der Waals surface area contributed by atoms with Crippen molar-refractivity contribution in [1.29, 1.82) is 0 Å². The summed E-state index contributed by atoms with van der Waals surface area (Å²) in [5.41, 5.74) is 3.27. The molecule has 0 radical (unpaired) electrons. The Morgan fingerprint density at radius 2 is 1.86 bits per heavy atom. The molecule has 6 heteroatoms. The maximum atomic E-state index is 12.8. The fourth-order valence-electron chi connectivity index (χ4n) is 4.25. The van der Waals surface area contributed by atoms with Gasteiger partial charge < -0.3 is 15.1 Å². The summed E-state index contributed by atoms with van der Waals surface area (Å²) in [5, 5.41) is 3.77. The molecule has 1 unspecified atom stereocenters. The van der Waals surface area contributed by atoms with Gasteiger partial charge in [-0.3, -0.25) is 4.79 Å². The smallest absolute Gasteiger partial charge is 0.318 e. The maximum Gasteiger partial charge on any atom is 0.318 e. The van der Waals surface area contributed by atoms with Crippen molar-refractivity contribution in [2.45, 2.75) is 44.8 Å². The van der Waals surface area contributed by atoms with Gasteiger partial charge in [0.15, 0.2) is 0 Å². The normalized spacial score (nSPS) is 19.1. The fraction of sp³-hybridized carbons (Fsp3) is 0.391. The van der Waals surface area contributed by atoms with Gasteiger partial charge in [-0.05, 0) is 48.1 Å². The molecular weight excluding hydrogens is 386 g/mol. The molecule has 1 N–H and O–H groups in total. The first-order valence-corrected chi connectivity index (χ1v) is 10.6. The summed E-state index contributed by atoms with van der Waals surface area (Å²) in [7, 11) is 0. The number of hydrogen-bond acceptors (Lipinski definition) is 2. The Bertz CT molecular complexity index is 884. The first-order valence-electron chi connectivity index (χ1n) is 10.3. The van der Waals surface area contributed by atoms with Crippen molar-refractivity contribution in [2.24, 2.45) is 0 Å². The number of halogens is 1. The Morgan fingerprint density at radius 1 is 1.07 bits per heavy atom. The zero-order chi connectivity index (χ0) is 20.2. The Hall–Kier alpha value is -2.53. The summed E-state index contributed by atoms with van der Waals surface area (Å²) < 4.78 is 0. The highest BCUT2D eigenvalue weighted by molar-refractivity contribution is 6.30. The van der Waals surface area contributed by atoms with Gasteiger partial charge >= 0.3 is 6.03 Å². The minimum absolute atomic E-state index is 0.0393. The molecule has 0 bridgehead atoms. The highest BCUT2D eigenvalue weighted by atomic mass is 35.5. The number of urea groups is 1. The van der Waals surface area contributed by atoms with E-state index >= 15 is 0 Å². The van der Waals surface area contributed by atoms with Gasteiger partial charge in [0, 0.05) is 37.6 Å². The fourth-order valence-corrected chi connectivity index (χ4v) is 4.38. The topological polar surface area (TPSA) is 52.7 Å². The Kier molecular flexibility index (Phi) is 6.05. The minimum atomic E-state index is -0.0393. The molecule has 4 rings (SSSR count). The SMILES string of the molecule is O=C1CCCN1Cc1cccc(CNC(=O)N2CCCC2c2ccc(Cl)cc2)c1. The quantitative estimate of drug-likeness (QED) is 0.787. The van der Waals surface area contributed by atoms with Crippen LogP contribution in [-0.4, -0.2) is 34.8 Å². The number of amides is 3. The van der Waals surface area contributed by atoms with E-state index in [0.29, 0.717) is 24.5 Å². The molecule has 3 amide bonds. The van der Waals surface area contributed by atoms with Gasteiger partial charge in [-0.1, -0.05) is 48.0 Å². The lowest BCUT2D eigenvalue weighted by Gasteiger charge is -2.25. The van der Waals surface area contributed by atoms with E-state index in [1.807, 2.05) is 52.3 Å². The number of hydrogen-bond donors (Lipinski definition) is 1. The van der Waals surface area contributed by atoms with Crippen LogP contribution in [-0.2, 0) is 17.9 Å². The van der Waals surface area contributed by atoms with Crippen LogP contribution in [0.5, 0.6) is 0 Å². The van der Waals surface area contributed by atoms with E-state index in [1.165, 1.54) is 0 Å². The second kappa shape index (κ2) is 8.87. The molecule has 0 aromatic heterocycles. The number of rotatable bonds is 5. The van der Waals surface area contributed by atoms with E-state index in [4.69, 9.17) is 11.6 Å². The number of carbonyl (C=O) groups excluding carboxylic acids is 2. The zero-order valence-corrected chi connectivity index (χ0v) is 17.2. The third-order valence-corrected chi connectivity index (χ3v) is 6.00. The van der Waals surface area contributed by atoms with Crippen LogP contribution in [0.4, 0.5) is 4.79 Å². The van der Waals surface area contributed by atoms with Crippen LogP contribution in [0.1, 0.15) is 48.4 Å². The van der Waals surface area contributed by atoms with Crippen molar-refractivity contribution in [2.75, 3.05) is 13.1 Å². The van der Waals surface area contributed by atoms with E-state index < -0.39 is 0 Å². The van der Waals surface area contributed by atoms with Gasteiger partial charge in [-0.25, -0.2) is 4.79 Å². The van der Waals surface area contributed by atoms with E-state index in [1.54, 1.807) is 0 Å². The van der Waals surface area contributed by atoms with Crippen LogP contribution >= 0.6 is 11.6 Å². The largest absolute Gasteiger partial charge is 0.338 e. The van der Waals surface area contributed by atoms with Crippen LogP contribution in [0.2, 0.25) is 5.02 Å². The second-order valence-corrected chi connectivity index (χ2v) is 8.24. The molecule has 0 spiro atoms. The van der Waals surface area contributed by atoms with E-state index in [2.05, 4.69) is 11.4 Å². The third-order valence-electron chi connectivity index (χ3n) is 5.75. The number of nitrogens with one attached hydrogen (secondary N) is 1. The van der Waals surface area contributed by atoms with Crippen molar-refractivity contribution >= 4 is 23.5 Å². The predicted octanol–water partition coefficient (Wildman–Crippen LogP) is 4.51. The van der Waals surface area contributed by atoms with E-state index in [9.17, 15) is 9.59 Å². The van der Waals surface area contributed by atoms with Crippen LogP contribution < -0.4 is 5.32 Å². The molecule has 2 fully saturated rings. The summed E-state index contributed by atoms with van der Waals surface area (Å²) >= 11 is 5.99. The lowest BCUT2D eigenvalue weighted by molar-refractivity contribution is -0.128. The molecule has 2 aliphatic rings. The highest BCUT2D eigenvalue weighted by Crippen LogP contribution is 2.32. The number of carbonyl (C=O) groups is 2. The van der Waals surface area contributed by atoms with Gasteiger partial charge in [0.2, 0.25) is 5.91 Å². The number of likely N-dealkylation sites (tertiary alicyclic amines) is 2. The van der Waals surface area contributed by atoms with Crippen molar-refractivity contribution < 1.29 is 9.59 Å². The number of benzene rings is 2.